The first kappa shape index (κ1) is 15.5. The molecule has 0 atom stereocenters. The zero-order valence-electron chi connectivity index (χ0n) is 13.1. The first-order valence-corrected chi connectivity index (χ1v) is 8.18. The molecule has 0 unspecified atom stereocenters. The van der Waals surface area contributed by atoms with Gasteiger partial charge in [0.05, 0.1) is 17.6 Å². The number of nitrogens with zero attached hydrogens (tertiary/aromatic N) is 2. The molecule has 0 saturated carbocycles. The standard InChI is InChI=1S/C20H13ClN2O2/c21-16-4-1-5-17(12-16)23-19(24)11-15(20(23)25)10-13-6-7-18-14(9-13)3-2-8-22-18/h1-10,12H,11H2/b15-10+. The van der Waals surface area contributed by atoms with Crippen LogP contribution in [-0.2, 0) is 9.59 Å². The van der Waals surface area contributed by atoms with Gasteiger partial charge in [0.25, 0.3) is 5.91 Å². The predicted molar refractivity (Wildman–Crippen MR) is 98.3 cm³/mol. The highest BCUT2D eigenvalue weighted by Crippen LogP contribution is 2.29. The van der Waals surface area contributed by atoms with E-state index in [0.29, 0.717) is 16.3 Å². The molecule has 2 aromatic carbocycles. The quantitative estimate of drug-likeness (QED) is 0.514. The summed E-state index contributed by atoms with van der Waals surface area (Å²) in [6.07, 6.45) is 3.58. The van der Waals surface area contributed by atoms with Crippen molar-refractivity contribution in [2.75, 3.05) is 4.90 Å². The van der Waals surface area contributed by atoms with Crippen LogP contribution in [0.3, 0.4) is 0 Å². The van der Waals surface area contributed by atoms with Gasteiger partial charge in [-0.2, -0.15) is 0 Å². The molecule has 2 heterocycles. The Bertz CT molecular complexity index is 1040. The Morgan fingerprint density at radius 2 is 1.92 bits per heavy atom. The molecule has 122 valence electrons. The summed E-state index contributed by atoms with van der Waals surface area (Å²) >= 11 is 5.97. The average Bonchev–Trinajstić information content (AvgIpc) is 2.88. The molecule has 0 bridgehead atoms. The number of hydrogen-bond donors (Lipinski definition) is 0. The van der Waals surface area contributed by atoms with Crippen LogP contribution in [0.5, 0.6) is 0 Å². The number of imide groups is 1. The summed E-state index contributed by atoms with van der Waals surface area (Å²) < 4.78 is 0. The number of anilines is 1. The van der Waals surface area contributed by atoms with Crippen molar-refractivity contribution in [2.24, 2.45) is 0 Å². The first-order valence-electron chi connectivity index (χ1n) is 7.80. The molecule has 1 aliphatic rings. The Balaban J connectivity index is 1.69. The van der Waals surface area contributed by atoms with E-state index < -0.39 is 0 Å². The number of rotatable bonds is 2. The monoisotopic (exact) mass is 348 g/mol. The highest BCUT2D eigenvalue weighted by Gasteiger charge is 2.34. The number of carbonyl (C=O) groups is 2. The molecule has 0 aliphatic carbocycles. The third-order valence-corrected chi connectivity index (χ3v) is 4.34. The topological polar surface area (TPSA) is 50.3 Å². The lowest BCUT2D eigenvalue weighted by Gasteiger charge is -2.13. The molecule has 4 nitrogen and oxygen atoms in total. The van der Waals surface area contributed by atoms with Gasteiger partial charge in [-0.3, -0.25) is 14.6 Å². The summed E-state index contributed by atoms with van der Waals surface area (Å²) in [5.41, 5.74) is 2.71. The van der Waals surface area contributed by atoms with Crippen LogP contribution in [0.15, 0.2) is 66.4 Å². The van der Waals surface area contributed by atoms with Crippen molar-refractivity contribution < 1.29 is 9.59 Å². The van der Waals surface area contributed by atoms with Crippen LogP contribution in [0, 0.1) is 0 Å². The molecule has 5 heteroatoms. The van der Waals surface area contributed by atoms with Crippen LogP contribution >= 0.6 is 11.6 Å². The minimum atomic E-state index is -0.307. The van der Waals surface area contributed by atoms with Gasteiger partial charge in [0.15, 0.2) is 0 Å². The molecular weight excluding hydrogens is 336 g/mol. The van der Waals surface area contributed by atoms with Crippen LogP contribution in [0.4, 0.5) is 5.69 Å². The fourth-order valence-corrected chi connectivity index (χ4v) is 3.13. The third kappa shape index (κ3) is 2.92. The van der Waals surface area contributed by atoms with E-state index in [0.717, 1.165) is 16.5 Å². The third-order valence-electron chi connectivity index (χ3n) is 4.10. The molecule has 1 saturated heterocycles. The van der Waals surface area contributed by atoms with Crippen molar-refractivity contribution in [3.63, 3.8) is 0 Å². The summed E-state index contributed by atoms with van der Waals surface area (Å²) in [6.45, 7) is 0. The Hall–Kier alpha value is -2.98. The zero-order valence-corrected chi connectivity index (χ0v) is 13.9. The Labute approximate surface area is 149 Å². The van der Waals surface area contributed by atoms with E-state index in [1.165, 1.54) is 4.90 Å². The molecule has 1 aromatic heterocycles. The molecule has 0 spiro atoms. The molecule has 1 aliphatic heterocycles. The van der Waals surface area contributed by atoms with Crippen LogP contribution < -0.4 is 4.90 Å². The molecule has 3 aromatic rings. The first-order chi connectivity index (χ1) is 12.1. The van der Waals surface area contributed by atoms with E-state index in [2.05, 4.69) is 4.98 Å². The van der Waals surface area contributed by atoms with Crippen LogP contribution in [0.2, 0.25) is 5.02 Å². The van der Waals surface area contributed by atoms with Gasteiger partial charge >= 0.3 is 0 Å². The Kier molecular flexibility index (Phi) is 3.82. The minimum absolute atomic E-state index is 0.0798. The molecule has 0 radical (unpaired) electrons. The van der Waals surface area contributed by atoms with E-state index in [4.69, 9.17) is 11.6 Å². The van der Waals surface area contributed by atoms with E-state index in [-0.39, 0.29) is 18.2 Å². The second-order valence-corrected chi connectivity index (χ2v) is 6.25. The number of pyridine rings is 1. The number of aromatic nitrogens is 1. The smallest absolute Gasteiger partial charge is 0.261 e. The number of halogens is 1. The number of fused-ring (bicyclic) bond motifs is 1. The maximum absolute atomic E-state index is 12.7. The fourth-order valence-electron chi connectivity index (χ4n) is 2.95. The second-order valence-electron chi connectivity index (χ2n) is 5.82. The van der Waals surface area contributed by atoms with Gasteiger partial charge in [0.2, 0.25) is 5.91 Å². The summed E-state index contributed by atoms with van der Waals surface area (Å²) in [5, 5.41) is 1.47. The summed E-state index contributed by atoms with van der Waals surface area (Å²) in [5.74, 6) is -0.556. The lowest BCUT2D eigenvalue weighted by atomic mass is 10.1. The van der Waals surface area contributed by atoms with Gasteiger partial charge in [-0.25, -0.2) is 4.90 Å². The molecule has 0 N–H and O–H groups in total. The van der Waals surface area contributed by atoms with Gasteiger partial charge < -0.3 is 0 Å². The molecular formula is C20H13ClN2O2. The van der Waals surface area contributed by atoms with E-state index in [9.17, 15) is 9.59 Å². The van der Waals surface area contributed by atoms with E-state index in [1.807, 2.05) is 30.3 Å². The summed E-state index contributed by atoms with van der Waals surface area (Å²) in [7, 11) is 0. The normalized spacial score (nSPS) is 16.2. The number of benzene rings is 2. The highest BCUT2D eigenvalue weighted by atomic mass is 35.5. The SMILES string of the molecule is O=C1C/C(=C\c2ccc3ncccc3c2)C(=O)N1c1cccc(Cl)c1. The van der Waals surface area contributed by atoms with Gasteiger partial charge in [-0.15, -0.1) is 0 Å². The van der Waals surface area contributed by atoms with Crippen molar-refractivity contribution in [1.82, 2.24) is 4.98 Å². The Morgan fingerprint density at radius 1 is 1.04 bits per heavy atom. The summed E-state index contributed by atoms with van der Waals surface area (Å²) in [4.78, 5) is 30.5. The highest BCUT2D eigenvalue weighted by molar-refractivity contribution is 6.32. The maximum atomic E-state index is 12.7. The maximum Gasteiger partial charge on any atom is 0.261 e. The van der Waals surface area contributed by atoms with Crippen LogP contribution in [0.1, 0.15) is 12.0 Å². The van der Waals surface area contributed by atoms with Crippen molar-refractivity contribution in [3.8, 4) is 0 Å². The lowest BCUT2D eigenvalue weighted by molar-refractivity contribution is -0.120. The van der Waals surface area contributed by atoms with Gasteiger partial charge in [-0.1, -0.05) is 29.8 Å². The number of hydrogen-bond acceptors (Lipinski definition) is 3. The van der Waals surface area contributed by atoms with Gasteiger partial charge in [-0.05, 0) is 48.0 Å². The van der Waals surface area contributed by atoms with Crippen molar-refractivity contribution in [3.05, 3.63) is 77.0 Å². The molecule has 25 heavy (non-hydrogen) atoms. The number of amides is 2. The summed E-state index contributed by atoms with van der Waals surface area (Å²) in [6, 6.07) is 16.3. The van der Waals surface area contributed by atoms with E-state index in [1.54, 1.807) is 36.5 Å². The fraction of sp³-hybridized carbons (Fsp3) is 0.0500. The molecule has 1 fully saturated rings. The van der Waals surface area contributed by atoms with Gasteiger partial charge in [0, 0.05) is 22.2 Å². The minimum Gasteiger partial charge on any atom is -0.274 e. The Morgan fingerprint density at radius 3 is 2.76 bits per heavy atom. The zero-order chi connectivity index (χ0) is 17.4. The number of carbonyl (C=O) groups excluding carboxylic acids is 2. The van der Waals surface area contributed by atoms with Crippen molar-refractivity contribution >= 4 is 46.1 Å². The molecule has 4 rings (SSSR count). The largest absolute Gasteiger partial charge is 0.274 e. The van der Waals surface area contributed by atoms with E-state index >= 15 is 0 Å². The van der Waals surface area contributed by atoms with Crippen LogP contribution in [-0.4, -0.2) is 16.8 Å². The van der Waals surface area contributed by atoms with Crippen molar-refractivity contribution in [2.45, 2.75) is 6.42 Å². The average molecular weight is 349 g/mol. The van der Waals surface area contributed by atoms with Gasteiger partial charge in [0.1, 0.15) is 0 Å². The van der Waals surface area contributed by atoms with Crippen molar-refractivity contribution in [1.29, 1.82) is 0 Å². The second kappa shape index (κ2) is 6.15. The molecule has 2 amide bonds. The lowest BCUT2D eigenvalue weighted by Crippen LogP contribution is -2.28. The van der Waals surface area contributed by atoms with Crippen LogP contribution in [0.25, 0.3) is 17.0 Å². The predicted octanol–water partition coefficient (Wildman–Crippen LogP) is 4.24.